The summed E-state index contributed by atoms with van der Waals surface area (Å²) in [5.41, 5.74) is -0.747. The maximum Gasteiger partial charge on any atom is 0.435 e. The summed E-state index contributed by atoms with van der Waals surface area (Å²) >= 11 is 0. The van der Waals surface area contributed by atoms with Crippen LogP contribution in [0.5, 0.6) is 0 Å². The van der Waals surface area contributed by atoms with Crippen LogP contribution >= 0.6 is 0 Å². The van der Waals surface area contributed by atoms with Gasteiger partial charge >= 0.3 is 6.18 Å². The Bertz CT molecular complexity index is 641. The van der Waals surface area contributed by atoms with E-state index < -0.39 is 11.9 Å². The zero-order chi connectivity index (χ0) is 14.5. The van der Waals surface area contributed by atoms with Crippen molar-refractivity contribution in [3.05, 3.63) is 24.2 Å². The molecule has 7 heteroatoms. The molecule has 0 radical (unpaired) electrons. The molecule has 0 bridgehead atoms. The Hall–Kier alpha value is -1.79. The predicted molar refractivity (Wildman–Crippen MR) is 68.4 cm³/mol. The Balaban J connectivity index is 2.00. The minimum atomic E-state index is -4.45. The van der Waals surface area contributed by atoms with E-state index in [0.29, 0.717) is 17.3 Å². The first-order valence-corrected chi connectivity index (χ1v) is 6.47. The summed E-state index contributed by atoms with van der Waals surface area (Å²) < 4.78 is 39.4. The lowest BCUT2D eigenvalue weighted by atomic mass is 9.99. The fraction of sp³-hybridized carbons (Fsp3) is 0.538. The van der Waals surface area contributed by atoms with Gasteiger partial charge in [0.2, 0.25) is 0 Å². The summed E-state index contributed by atoms with van der Waals surface area (Å²) in [6, 6.07) is 1.03. The number of alkyl halides is 3. The number of fused-ring (bicyclic) bond motifs is 1. The average Bonchev–Trinajstić information content (AvgIpc) is 3.08. The lowest BCUT2D eigenvalue weighted by Gasteiger charge is -2.27. The summed E-state index contributed by atoms with van der Waals surface area (Å²) in [5, 5.41) is 6.80. The summed E-state index contributed by atoms with van der Waals surface area (Å²) in [7, 11) is 0. The van der Waals surface area contributed by atoms with E-state index in [1.54, 1.807) is 0 Å². The van der Waals surface area contributed by atoms with E-state index in [0.717, 1.165) is 18.9 Å². The van der Waals surface area contributed by atoms with Gasteiger partial charge in [-0.3, -0.25) is 0 Å². The van der Waals surface area contributed by atoms with Gasteiger partial charge < -0.3 is 5.32 Å². The number of nitrogens with one attached hydrogen (secondary N) is 1. The van der Waals surface area contributed by atoms with Crippen molar-refractivity contribution in [2.45, 2.75) is 38.4 Å². The van der Waals surface area contributed by atoms with Crippen LogP contribution in [0.3, 0.4) is 0 Å². The van der Waals surface area contributed by atoms with Gasteiger partial charge in [-0.2, -0.15) is 18.3 Å². The van der Waals surface area contributed by atoms with Gasteiger partial charge in [0.05, 0.1) is 0 Å². The predicted octanol–water partition coefficient (Wildman–Crippen LogP) is 3.35. The van der Waals surface area contributed by atoms with Crippen molar-refractivity contribution in [1.82, 2.24) is 14.6 Å². The number of anilines is 1. The van der Waals surface area contributed by atoms with E-state index in [2.05, 4.69) is 15.4 Å². The fourth-order valence-electron chi connectivity index (χ4n) is 2.37. The van der Waals surface area contributed by atoms with Gasteiger partial charge in [-0.15, -0.1) is 0 Å². The molecule has 1 aliphatic carbocycles. The number of aromatic nitrogens is 3. The van der Waals surface area contributed by atoms with Gasteiger partial charge in [-0.05, 0) is 32.6 Å². The molecule has 3 rings (SSSR count). The monoisotopic (exact) mass is 284 g/mol. The first kappa shape index (κ1) is 13.2. The first-order valence-electron chi connectivity index (χ1n) is 6.47. The molecule has 2 aromatic rings. The number of rotatable bonds is 3. The van der Waals surface area contributed by atoms with Crippen LogP contribution in [-0.4, -0.2) is 20.1 Å². The fourth-order valence-corrected chi connectivity index (χ4v) is 2.37. The van der Waals surface area contributed by atoms with Crippen molar-refractivity contribution in [2.24, 2.45) is 5.92 Å². The lowest BCUT2D eigenvalue weighted by Crippen LogP contribution is -2.33. The third-order valence-corrected chi connectivity index (χ3v) is 3.72. The second-order valence-corrected chi connectivity index (χ2v) is 5.75. The molecule has 1 fully saturated rings. The number of nitrogens with zero attached hydrogens (tertiary/aromatic N) is 3. The highest BCUT2D eigenvalue weighted by Crippen LogP contribution is 2.41. The molecular weight excluding hydrogens is 269 g/mol. The van der Waals surface area contributed by atoms with Crippen molar-refractivity contribution in [2.75, 3.05) is 5.32 Å². The van der Waals surface area contributed by atoms with Gasteiger partial charge in [-0.25, -0.2) is 9.50 Å². The molecule has 1 N–H and O–H groups in total. The molecule has 0 aromatic carbocycles. The first-order chi connectivity index (χ1) is 9.27. The van der Waals surface area contributed by atoms with Crippen molar-refractivity contribution in [3.63, 3.8) is 0 Å². The minimum absolute atomic E-state index is 0.183. The highest BCUT2D eigenvalue weighted by molar-refractivity contribution is 5.68. The van der Waals surface area contributed by atoms with Crippen molar-refractivity contribution < 1.29 is 13.2 Å². The second kappa shape index (κ2) is 4.10. The molecule has 0 aliphatic heterocycles. The van der Waals surface area contributed by atoms with Gasteiger partial charge in [0, 0.05) is 24.0 Å². The van der Waals surface area contributed by atoms with E-state index in [1.165, 1.54) is 16.9 Å². The maximum absolute atomic E-state index is 12.7. The van der Waals surface area contributed by atoms with Crippen LogP contribution in [0.2, 0.25) is 0 Å². The highest BCUT2D eigenvalue weighted by atomic mass is 19.4. The Morgan fingerprint density at radius 1 is 1.30 bits per heavy atom. The van der Waals surface area contributed by atoms with Gasteiger partial charge in [-0.1, -0.05) is 0 Å². The molecule has 0 spiro atoms. The normalized spacial score (nSPS) is 16.6. The Labute approximate surface area is 114 Å². The zero-order valence-electron chi connectivity index (χ0n) is 11.2. The molecule has 2 aromatic heterocycles. The number of hydrogen-bond acceptors (Lipinski definition) is 3. The Morgan fingerprint density at radius 3 is 2.60 bits per heavy atom. The molecule has 108 valence electrons. The molecule has 1 saturated carbocycles. The van der Waals surface area contributed by atoms with Crippen molar-refractivity contribution >= 4 is 11.3 Å². The maximum atomic E-state index is 12.7. The molecular formula is C13H15F3N4. The van der Waals surface area contributed by atoms with Crippen molar-refractivity contribution in [1.29, 1.82) is 0 Å². The molecule has 0 atom stereocenters. The number of halogens is 3. The van der Waals surface area contributed by atoms with Crippen LogP contribution in [0, 0.1) is 5.92 Å². The van der Waals surface area contributed by atoms with Crippen LogP contribution < -0.4 is 5.32 Å². The largest absolute Gasteiger partial charge is 0.435 e. The van der Waals surface area contributed by atoms with Gasteiger partial charge in [0.25, 0.3) is 0 Å². The highest BCUT2D eigenvalue weighted by Gasteiger charge is 2.39. The van der Waals surface area contributed by atoms with E-state index in [1.807, 2.05) is 13.8 Å². The summed E-state index contributed by atoms with van der Waals surface area (Å²) in [4.78, 5) is 4.16. The van der Waals surface area contributed by atoms with Gasteiger partial charge in [0.15, 0.2) is 11.5 Å². The molecule has 0 unspecified atom stereocenters. The van der Waals surface area contributed by atoms with Crippen LogP contribution in [0.4, 0.5) is 19.0 Å². The van der Waals surface area contributed by atoms with E-state index in [-0.39, 0.29) is 5.54 Å². The third-order valence-electron chi connectivity index (χ3n) is 3.72. The van der Waals surface area contributed by atoms with Crippen LogP contribution in [-0.2, 0) is 6.18 Å². The molecule has 20 heavy (non-hydrogen) atoms. The average molecular weight is 284 g/mol. The quantitative estimate of drug-likeness (QED) is 0.939. The molecule has 0 saturated heterocycles. The van der Waals surface area contributed by atoms with Gasteiger partial charge in [0.1, 0.15) is 5.52 Å². The lowest BCUT2D eigenvalue weighted by molar-refractivity contribution is -0.141. The van der Waals surface area contributed by atoms with E-state index in [4.69, 9.17) is 0 Å². The summed E-state index contributed by atoms with van der Waals surface area (Å²) in [5.74, 6) is 0.974. The zero-order valence-corrected chi connectivity index (χ0v) is 11.2. The standard InChI is InChI=1S/C13H15F3N4/c1-12(2,8-3-4-8)18-11-9-7-10(13(14,15)16)19-20(9)6-5-17-11/h5-8H,3-4H2,1-2H3,(H,17,18). The third kappa shape index (κ3) is 2.32. The van der Waals surface area contributed by atoms with Crippen molar-refractivity contribution in [3.8, 4) is 0 Å². The summed E-state index contributed by atoms with van der Waals surface area (Å²) in [6.45, 7) is 4.08. The van der Waals surface area contributed by atoms with E-state index in [9.17, 15) is 13.2 Å². The molecule has 2 heterocycles. The van der Waals surface area contributed by atoms with Crippen LogP contribution in [0.1, 0.15) is 32.4 Å². The SMILES string of the molecule is CC(C)(Nc1nccn2nc(C(F)(F)F)cc12)C1CC1. The smallest absolute Gasteiger partial charge is 0.363 e. The van der Waals surface area contributed by atoms with E-state index >= 15 is 0 Å². The molecule has 4 nitrogen and oxygen atoms in total. The van der Waals surface area contributed by atoms with Crippen LogP contribution in [0.15, 0.2) is 18.5 Å². The topological polar surface area (TPSA) is 42.2 Å². The summed E-state index contributed by atoms with van der Waals surface area (Å²) in [6.07, 6.45) is 0.688. The van der Waals surface area contributed by atoms with Crippen LogP contribution in [0.25, 0.3) is 5.52 Å². The minimum Gasteiger partial charge on any atom is -0.363 e. The Kier molecular flexibility index (Phi) is 2.71. The second-order valence-electron chi connectivity index (χ2n) is 5.75. The Morgan fingerprint density at radius 2 is 2.00 bits per heavy atom. The molecule has 0 amide bonds. The molecule has 1 aliphatic rings. The number of hydrogen-bond donors (Lipinski definition) is 1.